The molecule has 5 rings (SSSR count). The van der Waals surface area contributed by atoms with Crippen molar-refractivity contribution in [3.8, 4) is 0 Å². The van der Waals surface area contributed by atoms with Crippen LogP contribution in [0.5, 0.6) is 0 Å². The second-order valence-electron chi connectivity index (χ2n) is 11.5. The minimum Gasteiger partial charge on any atom is -0.352 e. The van der Waals surface area contributed by atoms with E-state index in [1.807, 2.05) is 42.3 Å². The molecule has 3 aliphatic carbocycles. The lowest BCUT2D eigenvalue weighted by atomic mass is 9.47. The molecule has 7 atom stereocenters. The van der Waals surface area contributed by atoms with Crippen molar-refractivity contribution in [2.75, 3.05) is 7.05 Å². The van der Waals surface area contributed by atoms with Gasteiger partial charge in [0, 0.05) is 36.5 Å². The Bertz CT molecular complexity index is 976. The van der Waals surface area contributed by atoms with Gasteiger partial charge in [0.2, 0.25) is 11.8 Å². The Morgan fingerprint density at radius 2 is 1.91 bits per heavy atom. The molecular weight excluding hydrogens is 432 g/mol. The molecule has 0 bridgehead atoms. The molecule has 1 aromatic carbocycles. The fourth-order valence-corrected chi connectivity index (χ4v) is 8.52. The Kier molecular flexibility index (Phi) is 5.87. The zero-order valence-corrected chi connectivity index (χ0v) is 20.9. The number of rotatable bonds is 4. The van der Waals surface area contributed by atoms with Gasteiger partial charge in [0.1, 0.15) is 0 Å². The van der Waals surface area contributed by atoms with Crippen LogP contribution in [-0.2, 0) is 16.1 Å². The van der Waals surface area contributed by atoms with E-state index in [-0.39, 0.29) is 22.6 Å². The van der Waals surface area contributed by atoms with E-state index in [1.54, 1.807) is 0 Å². The third-order valence-electron chi connectivity index (χ3n) is 10.2. The standard InChI is InChI=1S/C28H37ClN2O2/c1-27-14-12-22-20(9-11-24-28(22,2)15-13-26(33)31(24)3)21(27)10-8-19(27)16-25(32)30-17-18-6-4-5-7-23(18)29/h4-7,13,15,19-22,24H,8-12,14,16-17H2,1-3H3,(H,30,32)/t19-,20+,21+,22+,24-,27-,28-/m1/s1. The molecule has 1 aliphatic heterocycles. The van der Waals surface area contributed by atoms with Crippen LogP contribution in [0, 0.1) is 34.5 Å². The van der Waals surface area contributed by atoms with Crippen molar-refractivity contribution in [3.05, 3.63) is 47.0 Å². The molecule has 3 saturated carbocycles. The molecular formula is C28H37ClN2O2. The molecule has 1 heterocycles. The Morgan fingerprint density at radius 1 is 1.12 bits per heavy atom. The zero-order valence-electron chi connectivity index (χ0n) is 20.1. The average molecular weight is 469 g/mol. The monoisotopic (exact) mass is 468 g/mol. The van der Waals surface area contributed by atoms with Crippen molar-refractivity contribution < 1.29 is 9.59 Å². The molecule has 0 unspecified atom stereocenters. The number of nitrogens with zero attached hydrogens (tertiary/aromatic N) is 1. The first-order valence-corrected chi connectivity index (χ1v) is 13.1. The van der Waals surface area contributed by atoms with Gasteiger partial charge in [-0.1, -0.05) is 49.7 Å². The first kappa shape index (κ1) is 23.0. The lowest BCUT2D eigenvalue weighted by Gasteiger charge is -2.60. The van der Waals surface area contributed by atoms with E-state index in [9.17, 15) is 9.59 Å². The van der Waals surface area contributed by atoms with Crippen LogP contribution in [0.25, 0.3) is 0 Å². The molecule has 3 fully saturated rings. The number of halogens is 1. The third-order valence-corrected chi connectivity index (χ3v) is 10.6. The second kappa shape index (κ2) is 8.45. The van der Waals surface area contributed by atoms with Gasteiger partial charge in [-0.2, -0.15) is 0 Å². The molecule has 0 radical (unpaired) electrons. The lowest BCUT2D eigenvalue weighted by molar-refractivity contribution is -0.139. The highest BCUT2D eigenvalue weighted by atomic mass is 35.5. The first-order valence-electron chi connectivity index (χ1n) is 12.7. The highest BCUT2D eigenvalue weighted by molar-refractivity contribution is 6.31. The van der Waals surface area contributed by atoms with E-state index in [4.69, 9.17) is 11.6 Å². The second-order valence-corrected chi connectivity index (χ2v) is 11.9. The Balaban J connectivity index is 1.27. The van der Waals surface area contributed by atoms with E-state index >= 15 is 0 Å². The predicted octanol–water partition coefficient (Wildman–Crippen LogP) is 5.60. The molecule has 33 heavy (non-hydrogen) atoms. The maximum atomic E-state index is 12.9. The van der Waals surface area contributed by atoms with Gasteiger partial charge in [0.15, 0.2) is 0 Å². The largest absolute Gasteiger partial charge is 0.352 e. The summed E-state index contributed by atoms with van der Waals surface area (Å²) in [4.78, 5) is 27.2. The van der Waals surface area contributed by atoms with E-state index in [0.29, 0.717) is 47.7 Å². The minimum absolute atomic E-state index is 0.0807. The van der Waals surface area contributed by atoms with Crippen molar-refractivity contribution in [1.29, 1.82) is 0 Å². The molecule has 5 heteroatoms. The van der Waals surface area contributed by atoms with Crippen LogP contribution in [0.3, 0.4) is 0 Å². The maximum Gasteiger partial charge on any atom is 0.246 e. The highest BCUT2D eigenvalue weighted by Gasteiger charge is 2.60. The van der Waals surface area contributed by atoms with Gasteiger partial charge >= 0.3 is 0 Å². The van der Waals surface area contributed by atoms with Gasteiger partial charge < -0.3 is 10.2 Å². The number of hydrogen-bond acceptors (Lipinski definition) is 2. The van der Waals surface area contributed by atoms with Gasteiger partial charge in [-0.15, -0.1) is 0 Å². The van der Waals surface area contributed by atoms with Gasteiger partial charge in [0.05, 0.1) is 0 Å². The molecule has 4 nitrogen and oxygen atoms in total. The van der Waals surface area contributed by atoms with Gasteiger partial charge in [-0.05, 0) is 85.3 Å². The molecule has 178 valence electrons. The van der Waals surface area contributed by atoms with Crippen LogP contribution in [-0.4, -0.2) is 29.8 Å². The van der Waals surface area contributed by atoms with Gasteiger partial charge in [0.25, 0.3) is 0 Å². The molecule has 1 N–H and O–H groups in total. The van der Waals surface area contributed by atoms with Gasteiger partial charge in [-0.25, -0.2) is 0 Å². The number of amides is 2. The van der Waals surface area contributed by atoms with Crippen molar-refractivity contribution >= 4 is 23.4 Å². The zero-order chi connectivity index (χ0) is 23.4. The molecule has 1 aromatic rings. The molecule has 4 aliphatic rings. The summed E-state index contributed by atoms with van der Waals surface area (Å²) in [6, 6.07) is 8.04. The average Bonchev–Trinajstić information content (AvgIpc) is 3.12. The number of likely N-dealkylation sites (N-methyl/N-ethyl adjacent to an activating group) is 1. The predicted molar refractivity (Wildman–Crippen MR) is 131 cm³/mol. The molecule has 0 saturated heterocycles. The number of hydrogen-bond donors (Lipinski definition) is 1. The summed E-state index contributed by atoms with van der Waals surface area (Å²) < 4.78 is 0. The van der Waals surface area contributed by atoms with Gasteiger partial charge in [-0.3, -0.25) is 9.59 Å². The number of fused-ring (bicyclic) bond motifs is 5. The van der Waals surface area contributed by atoms with Crippen LogP contribution in [0.4, 0.5) is 0 Å². The quantitative estimate of drug-likeness (QED) is 0.625. The van der Waals surface area contributed by atoms with Crippen LogP contribution < -0.4 is 5.32 Å². The van der Waals surface area contributed by atoms with E-state index in [2.05, 4.69) is 25.2 Å². The first-order chi connectivity index (χ1) is 15.7. The fraction of sp³-hybridized carbons (Fsp3) is 0.643. The van der Waals surface area contributed by atoms with Crippen molar-refractivity contribution in [3.63, 3.8) is 0 Å². The molecule has 0 aromatic heterocycles. The molecule has 0 spiro atoms. The van der Waals surface area contributed by atoms with Crippen molar-refractivity contribution in [2.24, 2.45) is 34.5 Å². The normalized spacial score (nSPS) is 39.6. The smallest absolute Gasteiger partial charge is 0.246 e. The minimum atomic E-state index is 0.0807. The summed E-state index contributed by atoms with van der Waals surface area (Å²) in [5.74, 6) is 2.77. The third kappa shape index (κ3) is 3.73. The fourth-order valence-electron chi connectivity index (χ4n) is 8.31. The van der Waals surface area contributed by atoms with Crippen molar-refractivity contribution in [1.82, 2.24) is 10.2 Å². The summed E-state index contributed by atoms with van der Waals surface area (Å²) >= 11 is 6.26. The Labute approximate surface area is 203 Å². The number of carbonyl (C=O) groups excluding carboxylic acids is 2. The Morgan fingerprint density at radius 3 is 2.70 bits per heavy atom. The van der Waals surface area contributed by atoms with E-state index in [1.165, 1.54) is 25.7 Å². The van der Waals surface area contributed by atoms with Crippen LogP contribution >= 0.6 is 11.6 Å². The summed E-state index contributed by atoms with van der Waals surface area (Å²) in [5, 5.41) is 3.82. The van der Waals surface area contributed by atoms with E-state index in [0.717, 1.165) is 18.4 Å². The van der Waals surface area contributed by atoms with E-state index < -0.39 is 0 Å². The maximum absolute atomic E-state index is 12.9. The Hall–Kier alpha value is -1.81. The van der Waals surface area contributed by atoms with Crippen LogP contribution in [0.1, 0.15) is 64.4 Å². The van der Waals surface area contributed by atoms with Crippen LogP contribution in [0.15, 0.2) is 36.4 Å². The summed E-state index contributed by atoms with van der Waals surface area (Å²) in [6.07, 6.45) is 11.8. The molecule has 2 amide bonds. The van der Waals surface area contributed by atoms with Crippen molar-refractivity contribution in [2.45, 2.75) is 71.4 Å². The lowest BCUT2D eigenvalue weighted by Crippen LogP contribution is -2.59. The summed E-state index contributed by atoms with van der Waals surface area (Å²) in [7, 11) is 1.98. The number of nitrogens with one attached hydrogen (secondary N) is 1. The number of carbonyl (C=O) groups is 2. The SMILES string of the molecule is CN1C(=O)C=C[C@]2(C)[C@H]3CC[C@]4(C)[C@@H](CC(=O)NCc5ccccc5Cl)CC[C@H]4[C@@H]3CC[C@@H]12. The topological polar surface area (TPSA) is 49.4 Å². The summed E-state index contributed by atoms with van der Waals surface area (Å²) in [6.45, 7) is 5.35. The van der Waals surface area contributed by atoms with Crippen LogP contribution in [0.2, 0.25) is 5.02 Å². The number of benzene rings is 1. The summed E-state index contributed by atoms with van der Waals surface area (Å²) in [5.41, 5.74) is 1.29. The highest BCUT2D eigenvalue weighted by Crippen LogP contribution is 2.65.